The lowest BCUT2D eigenvalue weighted by molar-refractivity contribution is -0.155. The van der Waals surface area contributed by atoms with Crippen molar-refractivity contribution in [1.82, 2.24) is 4.90 Å². The van der Waals surface area contributed by atoms with E-state index in [1.807, 2.05) is 33.8 Å². The Balaban J connectivity index is 2.47. The fourth-order valence-electron chi connectivity index (χ4n) is 2.22. The number of aryl methyl sites for hydroxylation is 1. The molecule has 5 nitrogen and oxygen atoms in total. The third kappa shape index (κ3) is 7.78. The minimum atomic E-state index is -0.661. The largest absolute Gasteiger partial charge is 0.479 e. The zero-order valence-corrected chi connectivity index (χ0v) is 16.6. The molecule has 0 aliphatic heterocycles. The van der Waals surface area contributed by atoms with E-state index in [2.05, 4.69) is 0 Å². The fourth-order valence-corrected chi connectivity index (χ4v) is 2.38. The number of carbonyl (C=O) groups is 2. The Labute approximate surface area is 155 Å². The number of esters is 1. The molecule has 25 heavy (non-hydrogen) atoms. The van der Waals surface area contributed by atoms with Crippen molar-refractivity contribution in [1.29, 1.82) is 0 Å². The molecular formula is C19H28ClNO4. The smallest absolute Gasteiger partial charge is 0.306 e. The highest BCUT2D eigenvalue weighted by Crippen LogP contribution is 2.26. The lowest BCUT2D eigenvalue weighted by Crippen LogP contribution is -2.38. The molecule has 0 N–H and O–H groups in total. The summed E-state index contributed by atoms with van der Waals surface area (Å²) < 4.78 is 10.9. The number of rotatable bonds is 7. The molecule has 140 valence electrons. The Morgan fingerprint density at radius 3 is 2.52 bits per heavy atom. The van der Waals surface area contributed by atoms with Gasteiger partial charge in [-0.2, -0.15) is 0 Å². The van der Waals surface area contributed by atoms with Gasteiger partial charge < -0.3 is 14.4 Å². The Morgan fingerprint density at radius 1 is 1.28 bits per heavy atom. The van der Waals surface area contributed by atoms with Crippen LogP contribution < -0.4 is 4.74 Å². The topological polar surface area (TPSA) is 55.8 Å². The summed E-state index contributed by atoms with van der Waals surface area (Å²) in [6.07, 6.45) is 0.147. The van der Waals surface area contributed by atoms with Gasteiger partial charge in [-0.15, -0.1) is 0 Å². The molecule has 0 saturated carbocycles. The van der Waals surface area contributed by atoms with Crippen LogP contribution in [0.1, 0.15) is 46.1 Å². The van der Waals surface area contributed by atoms with Crippen molar-refractivity contribution in [3.05, 3.63) is 28.8 Å². The van der Waals surface area contributed by atoms with E-state index >= 15 is 0 Å². The summed E-state index contributed by atoms with van der Waals surface area (Å²) in [6.45, 7) is 9.55. The quantitative estimate of drug-likeness (QED) is 0.682. The first-order chi connectivity index (χ1) is 11.5. The summed E-state index contributed by atoms with van der Waals surface area (Å²) in [5.74, 6) is 0.0654. The highest BCUT2D eigenvalue weighted by molar-refractivity contribution is 6.32. The molecule has 0 saturated heterocycles. The van der Waals surface area contributed by atoms with Crippen LogP contribution in [0.3, 0.4) is 0 Å². The molecule has 0 radical (unpaired) electrons. The van der Waals surface area contributed by atoms with Gasteiger partial charge in [0.1, 0.15) is 11.4 Å². The van der Waals surface area contributed by atoms with E-state index in [1.165, 1.54) is 0 Å². The molecular weight excluding hydrogens is 342 g/mol. The third-order valence-electron chi connectivity index (χ3n) is 3.41. The molecule has 0 heterocycles. The summed E-state index contributed by atoms with van der Waals surface area (Å²) in [4.78, 5) is 25.6. The van der Waals surface area contributed by atoms with Gasteiger partial charge in [-0.05, 0) is 58.7 Å². The van der Waals surface area contributed by atoms with Crippen molar-refractivity contribution in [3.63, 3.8) is 0 Å². The normalized spacial score (nSPS) is 12.4. The van der Waals surface area contributed by atoms with Gasteiger partial charge >= 0.3 is 5.97 Å². The zero-order valence-electron chi connectivity index (χ0n) is 15.9. The zero-order chi connectivity index (χ0) is 19.2. The minimum Gasteiger partial charge on any atom is -0.479 e. The first-order valence-corrected chi connectivity index (χ1v) is 8.77. The minimum absolute atomic E-state index is 0.165. The standard InChI is InChI=1S/C19H28ClNO4/c1-13-9-10-15(20)16(12-13)24-14(2)18(23)21(6)11-7-8-17(22)25-19(3,4)5/h9-10,12,14H,7-8,11H2,1-6H3. The number of nitrogens with zero attached hydrogens (tertiary/aromatic N) is 1. The van der Waals surface area contributed by atoms with Crippen LogP contribution in [0.2, 0.25) is 5.02 Å². The number of likely N-dealkylation sites (N-methyl/N-ethyl adjacent to an activating group) is 1. The van der Waals surface area contributed by atoms with Crippen LogP contribution in [0, 0.1) is 6.92 Å². The highest BCUT2D eigenvalue weighted by atomic mass is 35.5. The second kappa shape index (κ2) is 9.09. The van der Waals surface area contributed by atoms with E-state index in [0.717, 1.165) is 5.56 Å². The van der Waals surface area contributed by atoms with Crippen molar-refractivity contribution < 1.29 is 19.1 Å². The van der Waals surface area contributed by atoms with Gasteiger partial charge in [-0.1, -0.05) is 17.7 Å². The number of benzene rings is 1. The van der Waals surface area contributed by atoms with Crippen molar-refractivity contribution >= 4 is 23.5 Å². The van der Waals surface area contributed by atoms with Gasteiger partial charge in [-0.3, -0.25) is 9.59 Å². The van der Waals surface area contributed by atoms with Crippen LogP contribution in [-0.4, -0.2) is 42.1 Å². The predicted molar refractivity (Wildman–Crippen MR) is 99.0 cm³/mol. The summed E-state index contributed by atoms with van der Waals surface area (Å²) in [7, 11) is 1.69. The second-order valence-corrected chi connectivity index (χ2v) is 7.55. The van der Waals surface area contributed by atoms with Crippen LogP contribution >= 0.6 is 11.6 Å². The average molecular weight is 370 g/mol. The Morgan fingerprint density at radius 2 is 1.92 bits per heavy atom. The van der Waals surface area contributed by atoms with Crippen molar-refractivity contribution in [2.24, 2.45) is 0 Å². The number of carbonyl (C=O) groups excluding carboxylic acids is 2. The third-order valence-corrected chi connectivity index (χ3v) is 3.72. The lowest BCUT2D eigenvalue weighted by atomic mass is 10.2. The molecule has 0 aliphatic carbocycles. The van der Waals surface area contributed by atoms with Gasteiger partial charge in [0, 0.05) is 20.0 Å². The van der Waals surface area contributed by atoms with Crippen molar-refractivity contribution in [2.45, 2.75) is 59.2 Å². The maximum absolute atomic E-state index is 12.4. The lowest BCUT2D eigenvalue weighted by Gasteiger charge is -2.23. The monoisotopic (exact) mass is 369 g/mol. The van der Waals surface area contributed by atoms with Gasteiger partial charge in [0.25, 0.3) is 5.91 Å². The van der Waals surface area contributed by atoms with Crippen LogP contribution in [0.25, 0.3) is 0 Å². The van der Waals surface area contributed by atoms with Gasteiger partial charge in [0.15, 0.2) is 6.10 Å². The van der Waals surface area contributed by atoms with Crippen LogP contribution in [0.4, 0.5) is 0 Å². The molecule has 0 bridgehead atoms. The summed E-state index contributed by atoms with van der Waals surface area (Å²) in [5.41, 5.74) is 0.513. The van der Waals surface area contributed by atoms with E-state index in [4.69, 9.17) is 21.1 Å². The molecule has 0 aromatic heterocycles. The number of amides is 1. The van der Waals surface area contributed by atoms with Gasteiger partial charge in [0.2, 0.25) is 0 Å². The van der Waals surface area contributed by atoms with E-state index in [-0.39, 0.29) is 18.3 Å². The van der Waals surface area contributed by atoms with E-state index in [9.17, 15) is 9.59 Å². The molecule has 1 atom stereocenters. The number of hydrogen-bond donors (Lipinski definition) is 0. The first-order valence-electron chi connectivity index (χ1n) is 8.39. The Hall–Kier alpha value is -1.75. The molecule has 0 spiro atoms. The SMILES string of the molecule is Cc1ccc(Cl)c(OC(C)C(=O)N(C)CCCC(=O)OC(C)(C)C)c1. The maximum Gasteiger partial charge on any atom is 0.306 e. The molecule has 1 unspecified atom stereocenters. The molecule has 1 amide bonds. The van der Waals surface area contributed by atoms with E-state index in [0.29, 0.717) is 23.7 Å². The molecule has 1 aromatic carbocycles. The van der Waals surface area contributed by atoms with Crippen LogP contribution in [0.5, 0.6) is 5.75 Å². The molecule has 0 aliphatic rings. The number of hydrogen-bond acceptors (Lipinski definition) is 4. The number of halogens is 1. The molecule has 0 fully saturated rings. The summed E-state index contributed by atoms with van der Waals surface area (Å²) in [6, 6.07) is 5.42. The number of ether oxygens (including phenoxy) is 2. The molecule has 1 rings (SSSR count). The highest BCUT2D eigenvalue weighted by Gasteiger charge is 2.21. The van der Waals surface area contributed by atoms with Gasteiger partial charge in [0.05, 0.1) is 5.02 Å². The maximum atomic E-state index is 12.4. The Kier molecular flexibility index (Phi) is 7.74. The molecule has 1 aromatic rings. The van der Waals surface area contributed by atoms with Gasteiger partial charge in [-0.25, -0.2) is 0 Å². The summed E-state index contributed by atoms with van der Waals surface area (Å²) in [5, 5.41) is 0.470. The fraction of sp³-hybridized carbons (Fsp3) is 0.579. The van der Waals surface area contributed by atoms with Crippen molar-refractivity contribution in [2.75, 3.05) is 13.6 Å². The average Bonchev–Trinajstić information content (AvgIpc) is 2.48. The van der Waals surface area contributed by atoms with Crippen molar-refractivity contribution in [3.8, 4) is 5.75 Å². The van der Waals surface area contributed by atoms with Crippen LogP contribution in [-0.2, 0) is 14.3 Å². The molecule has 6 heteroatoms. The van der Waals surface area contributed by atoms with Crippen LogP contribution in [0.15, 0.2) is 18.2 Å². The summed E-state index contributed by atoms with van der Waals surface area (Å²) >= 11 is 6.09. The second-order valence-electron chi connectivity index (χ2n) is 7.14. The predicted octanol–water partition coefficient (Wildman–Crippen LogP) is 4.00. The van der Waals surface area contributed by atoms with E-state index in [1.54, 1.807) is 31.0 Å². The first kappa shape index (κ1) is 21.3. The van der Waals surface area contributed by atoms with E-state index < -0.39 is 11.7 Å². The Bertz CT molecular complexity index is 610.